The van der Waals surface area contributed by atoms with Gasteiger partial charge in [0.05, 0.1) is 36.4 Å². The van der Waals surface area contributed by atoms with Gasteiger partial charge in [0.2, 0.25) is 0 Å². The highest BCUT2D eigenvalue weighted by Gasteiger charge is 2.07. The van der Waals surface area contributed by atoms with Gasteiger partial charge in [0.25, 0.3) is 0 Å². The molecule has 0 radical (unpaired) electrons. The lowest BCUT2D eigenvalue weighted by atomic mass is 10.3. The fourth-order valence-corrected chi connectivity index (χ4v) is 1.55. The highest BCUT2D eigenvalue weighted by molar-refractivity contribution is 5.89. The molecular weight excluding hydrogens is 244 g/mol. The number of hydrogen-bond acceptors (Lipinski definition) is 3. The van der Waals surface area contributed by atoms with Crippen LogP contribution in [-0.2, 0) is 0 Å². The Balaban J connectivity index is 2.00. The number of hydrogen-bond donors (Lipinski definition) is 3. The predicted octanol–water partition coefficient (Wildman–Crippen LogP) is 1.37. The smallest absolute Gasteiger partial charge is 0.319 e. The molecule has 6 heteroatoms. The maximum Gasteiger partial charge on any atom is 0.319 e. The molecule has 2 rings (SSSR count). The monoisotopic (exact) mass is 260 g/mol. The van der Waals surface area contributed by atoms with Crippen molar-refractivity contribution in [1.29, 1.82) is 0 Å². The van der Waals surface area contributed by atoms with Gasteiger partial charge in [0, 0.05) is 0 Å². The minimum Gasteiger partial charge on any atom is -0.394 e. The Morgan fingerprint density at radius 1 is 1.42 bits per heavy atom. The lowest BCUT2D eigenvalue weighted by Crippen LogP contribution is -2.38. The van der Waals surface area contributed by atoms with Crippen LogP contribution in [0.3, 0.4) is 0 Å². The molecule has 1 aromatic heterocycles. The second-order valence-corrected chi connectivity index (χ2v) is 4.19. The summed E-state index contributed by atoms with van der Waals surface area (Å²) >= 11 is 0. The molecule has 1 heterocycles. The lowest BCUT2D eigenvalue weighted by molar-refractivity contribution is 0.229. The molecule has 0 saturated heterocycles. The van der Waals surface area contributed by atoms with Crippen molar-refractivity contribution in [2.75, 3.05) is 11.9 Å². The van der Waals surface area contributed by atoms with Gasteiger partial charge < -0.3 is 15.7 Å². The van der Waals surface area contributed by atoms with E-state index in [0.29, 0.717) is 5.69 Å². The van der Waals surface area contributed by atoms with Crippen LogP contribution < -0.4 is 10.6 Å². The first kappa shape index (κ1) is 13.1. The van der Waals surface area contributed by atoms with Crippen LogP contribution in [0.4, 0.5) is 10.5 Å². The van der Waals surface area contributed by atoms with E-state index in [0.717, 1.165) is 5.69 Å². The van der Waals surface area contributed by atoms with Crippen molar-refractivity contribution in [3.8, 4) is 5.69 Å². The van der Waals surface area contributed by atoms with Crippen LogP contribution in [0.5, 0.6) is 0 Å². The predicted molar refractivity (Wildman–Crippen MR) is 72.3 cm³/mol. The summed E-state index contributed by atoms with van der Waals surface area (Å²) in [6, 6.07) is 8.95. The molecule has 100 valence electrons. The molecule has 0 spiro atoms. The number of carbonyl (C=O) groups excluding carboxylic acids is 1. The first-order chi connectivity index (χ1) is 9.19. The van der Waals surface area contributed by atoms with Gasteiger partial charge in [0.15, 0.2) is 0 Å². The summed E-state index contributed by atoms with van der Waals surface area (Å²) in [5, 5.41) is 18.2. The zero-order valence-electron chi connectivity index (χ0n) is 10.6. The first-order valence-electron chi connectivity index (χ1n) is 5.97. The van der Waals surface area contributed by atoms with Crippen LogP contribution >= 0.6 is 0 Å². The highest BCUT2D eigenvalue weighted by atomic mass is 16.3. The van der Waals surface area contributed by atoms with Crippen LogP contribution in [0.2, 0.25) is 0 Å². The normalized spacial score (nSPS) is 11.9. The van der Waals surface area contributed by atoms with Crippen LogP contribution in [0, 0.1) is 0 Å². The SMILES string of the molecule is C[C@H](CO)NC(=O)Nc1cnn(-c2ccccc2)c1. The van der Waals surface area contributed by atoms with Gasteiger partial charge in [-0.2, -0.15) is 5.10 Å². The number of amides is 2. The topological polar surface area (TPSA) is 79.2 Å². The fraction of sp³-hybridized carbons (Fsp3) is 0.231. The zero-order valence-corrected chi connectivity index (χ0v) is 10.6. The Bertz CT molecular complexity index is 539. The summed E-state index contributed by atoms with van der Waals surface area (Å²) in [5.74, 6) is 0. The van der Waals surface area contributed by atoms with Gasteiger partial charge in [-0.25, -0.2) is 9.48 Å². The van der Waals surface area contributed by atoms with Gasteiger partial charge >= 0.3 is 6.03 Å². The summed E-state index contributed by atoms with van der Waals surface area (Å²) in [7, 11) is 0. The largest absolute Gasteiger partial charge is 0.394 e. The van der Waals surface area contributed by atoms with Gasteiger partial charge in [0.1, 0.15) is 0 Å². The lowest BCUT2D eigenvalue weighted by Gasteiger charge is -2.10. The number of nitrogens with zero attached hydrogens (tertiary/aromatic N) is 2. The highest BCUT2D eigenvalue weighted by Crippen LogP contribution is 2.10. The number of carbonyl (C=O) groups is 1. The number of rotatable bonds is 4. The standard InChI is InChI=1S/C13H16N4O2/c1-10(9-18)15-13(19)16-11-7-14-17(8-11)12-5-3-2-4-6-12/h2-8,10,18H,9H2,1H3,(H2,15,16,19)/t10-/m1/s1. The van der Waals surface area contributed by atoms with E-state index in [1.165, 1.54) is 0 Å². The molecule has 1 aromatic carbocycles. The van der Waals surface area contributed by atoms with Crippen molar-refractivity contribution in [3.05, 3.63) is 42.7 Å². The molecule has 6 nitrogen and oxygen atoms in total. The summed E-state index contributed by atoms with van der Waals surface area (Å²) in [5.41, 5.74) is 1.51. The van der Waals surface area contributed by atoms with Gasteiger partial charge in [-0.05, 0) is 19.1 Å². The number of urea groups is 1. The van der Waals surface area contributed by atoms with Crippen molar-refractivity contribution < 1.29 is 9.90 Å². The van der Waals surface area contributed by atoms with Crippen molar-refractivity contribution in [1.82, 2.24) is 15.1 Å². The van der Waals surface area contributed by atoms with Crippen LogP contribution in [0.1, 0.15) is 6.92 Å². The minimum atomic E-state index is -0.367. The molecule has 2 amide bonds. The maximum absolute atomic E-state index is 11.6. The Hall–Kier alpha value is -2.34. The van der Waals surface area contributed by atoms with Gasteiger partial charge in [-0.15, -0.1) is 0 Å². The number of nitrogens with one attached hydrogen (secondary N) is 2. The van der Waals surface area contributed by atoms with E-state index >= 15 is 0 Å². The molecule has 0 saturated carbocycles. The quantitative estimate of drug-likeness (QED) is 0.777. The summed E-state index contributed by atoms with van der Waals surface area (Å²) in [6.07, 6.45) is 3.29. The number of aliphatic hydroxyl groups excluding tert-OH is 1. The second kappa shape index (κ2) is 6.01. The van der Waals surface area contributed by atoms with E-state index in [1.807, 2.05) is 30.3 Å². The molecule has 0 aliphatic rings. The Labute approximate surface area is 111 Å². The molecule has 0 aliphatic carbocycles. The van der Waals surface area contributed by atoms with Crippen LogP contribution in [0.15, 0.2) is 42.7 Å². The van der Waals surface area contributed by atoms with Crippen molar-refractivity contribution >= 4 is 11.7 Å². The molecule has 0 unspecified atom stereocenters. The second-order valence-electron chi connectivity index (χ2n) is 4.19. The van der Waals surface area contributed by atoms with Gasteiger partial charge in [-0.3, -0.25) is 0 Å². The Morgan fingerprint density at radius 2 is 2.16 bits per heavy atom. The third kappa shape index (κ3) is 3.56. The fourth-order valence-electron chi connectivity index (χ4n) is 1.55. The van der Waals surface area contributed by atoms with E-state index in [9.17, 15) is 4.79 Å². The summed E-state index contributed by atoms with van der Waals surface area (Å²) < 4.78 is 1.67. The molecular formula is C13H16N4O2. The van der Waals surface area contributed by atoms with Gasteiger partial charge in [-0.1, -0.05) is 18.2 Å². The van der Waals surface area contributed by atoms with E-state index in [4.69, 9.17) is 5.11 Å². The third-order valence-corrected chi connectivity index (χ3v) is 2.51. The van der Waals surface area contributed by atoms with Crippen LogP contribution in [-0.4, -0.2) is 33.6 Å². The molecule has 0 bridgehead atoms. The van der Waals surface area contributed by atoms with E-state index in [2.05, 4.69) is 15.7 Å². The minimum absolute atomic E-state index is 0.100. The number of aliphatic hydroxyl groups is 1. The maximum atomic E-state index is 11.6. The number of para-hydroxylation sites is 1. The summed E-state index contributed by atoms with van der Waals surface area (Å²) in [4.78, 5) is 11.6. The number of benzene rings is 1. The average molecular weight is 260 g/mol. The Morgan fingerprint density at radius 3 is 2.84 bits per heavy atom. The molecule has 0 fully saturated rings. The third-order valence-electron chi connectivity index (χ3n) is 2.51. The number of anilines is 1. The Kier molecular flexibility index (Phi) is 4.15. The van der Waals surface area contributed by atoms with Crippen LogP contribution in [0.25, 0.3) is 5.69 Å². The zero-order chi connectivity index (χ0) is 13.7. The molecule has 19 heavy (non-hydrogen) atoms. The van der Waals surface area contributed by atoms with Crippen molar-refractivity contribution in [3.63, 3.8) is 0 Å². The summed E-state index contributed by atoms with van der Waals surface area (Å²) in [6.45, 7) is 1.61. The molecule has 2 aromatic rings. The number of aromatic nitrogens is 2. The first-order valence-corrected chi connectivity index (χ1v) is 5.97. The molecule has 0 aliphatic heterocycles. The van der Waals surface area contributed by atoms with Crippen molar-refractivity contribution in [2.45, 2.75) is 13.0 Å². The van der Waals surface area contributed by atoms with Crippen molar-refractivity contribution in [2.24, 2.45) is 0 Å². The van der Waals surface area contributed by atoms with E-state index in [1.54, 1.807) is 24.0 Å². The molecule has 1 atom stereocenters. The van der Waals surface area contributed by atoms with E-state index in [-0.39, 0.29) is 18.7 Å². The average Bonchev–Trinajstić information content (AvgIpc) is 2.88. The molecule has 3 N–H and O–H groups in total. The van der Waals surface area contributed by atoms with E-state index < -0.39 is 0 Å².